The zero-order chi connectivity index (χ0) is 12.1. The van der Waals surface area contributed by atoms with Gasteiger partial charge in [0, 0.05) is 6.54 Å². The Morgan fingerprint density at radius 3 is 2.71 bits per heavy atom. The Morgan fingerprint density at radius 1 is 1.35 bits per heavy atom. The molecule has 0 unspecified atom stereocenters. The van der Waals surface area contributed by atoms with Gasteiger partial charge in [0.15, 0.2) is 0 Å². The second-order valence-electron chi connectivity index (χ2n) is 4.61. The molecule has 1 N–H and O–H groups in total. The average molecular weight is 233 g/mol. The van der Waals surface area contributed by atoms with Crippen LogP contribution in [0.15, 0.2) is 30.3 Å². The van der Waals surface area contributed by atoms with Crippen molar-refractivity contribution in [1.82, 2.24) is 5.32 Å². The van der Waals surface area contributed by atoms with Gasteiger partial charge < -0.3 is 10.1 Å². The number of hydrogen-bond donors (Lipinski definition) is 1. The quantitative estimate of drug-likeness (QED) is 0.867. The van der Waals surface area contributed by atoms with Crippen molar-refractivity contribution >= 4 is 6.09 Å². The molecule has 1 saturated carbocycles. The molecule has 1 amide bonds. The Balaban J connectivity index is 1.65. The molecule has 92 valence electrons. The molecule has 1 aromatic rings. The van der Waals surface area contributed by atoms with E-state index in [1.54, 1.807) is 0 Å². The van der Waals surface area contributed by atoms with Crippen LogP contribution < -0.4 is 5.32 Å². The second kappa shape index (κ2) is 5.71. The number of amides is 1. The third-order valence-electron chi connectivity index (χ3n) is 3.32. The van der Waals surface area contributed by atoms with Gasteiger partial charge in [-0.1, -0.05) is 43.7 Å². The molecule has 0 aliphatic heterocycles. The topological polar surface area (TPSA) is 38.3 Å². The van der Waals surface area contributed by atoms with Crippen molar-refractivity contribution < 1.29 is 9.53 Å². The van der Waals surface area contributed by atoms with Crippen molar-refractivity contribution in [3.05, 3.63) is 35.9 Å². The van der Waals surface area contributed by atoms with Crippen LogP contribution in [-0.2, 0) is 11.3 Å². The second-order valence-corrected chi connectivity index (χ2v) is 4.61. The lowest BCUT2D eigenvalue weighted by molar-refractivity contribution is 0.0161. The van der Waals surface area contributed by atoms with Gasteiger partial charge in [-0.05, 0) is 24.3 Å². The summed E-state index contributed by atoms with van der Waals surface area (Å²) in [5.74, 6) is 0.752. The Morgan fingerprint density at radius 2 is 2.06 bits per heavy atom. The molecule has 0 saturated heterocycles. The van der Waals surface area contributed by atoms with Gasteiger partial charge in [0.25, 0.3) is 0 Å². The lowest BCUT2D eigenvalue weighted by atomic mass is 9.81. The van der Waals surface area contributed by atoms with Crippen LogP contribution >= 0.6 is 0 Å². The number of alkyl carbamates (subject to hydrolysis) is 1. The molecule has 1 aliphatic rings. The van der Waals surface area contributed by atoms with E-state index in [0.29, 0.717) is 6.54 Å². The maximum atomic E-state index is 11.5. The van der Waals surface area contributed by atoms with E-state index in [0.717, 1.165) is 24.3 Å². The fourth-order valence-corrected chi connectivity index (χ4v) is 2.07. The highest BCUT2D eigenvalue weighted by Gasteiger charge is 2.30. The maximum Gasteiger partial charge on any atom is 0.407 e. The third-order valence-corrected chi connectivity index (χ3v) is 3.32. The molecule has 1 aromatic carbocycles. The minimum atomic E-state index is -0.298. The molecule has 3 heteroatoms. The first-order valence-electron chi connectivity index (χ1n) is 6.26. The Hall–Kier alpha value is -1.51. The average Bonchev–Trinajstić information content (AvgIpc) is 2.32. The molecule has 17 heavy (non-hydrogen) atoms. The van der Waals surface area contributed by atoms with Crippen molar-refractivity contribution in [3.63, 3.8) is 0 Å². The van der Waals surface area contributed by atoms with Crippen LogP contribution in [0.1, 0.15) is 31.7 Å². The van der Waals surface area contributed by atoms with Gasteiger partial charge in [0.05, 0.1) is 0 Å². The zero-order valence-electron chi connectivity index (χ0n) is 10.2. The maximum absolute atomic E-state index is 11.5. The third kappa shape index (κ3) is 3.48. The predicted octanol–water partition coefficient (Wildman–Crippen LogP) is 3.10. The fourth-order valence-electron chi connectivity index (χ4n) is 2.07. The molecule has 0 spiro atoms. The van der Waals surface area contributed by atoms with E-state index in [1.165, 1.54) is 6.42 Å². The van der Waals surface area contributed by atoms with Gasteiger partial charge in [-0.2, -0.15) is 0 Å². The summed E-state index contributed by atoms with van der Waals surface area (Å²) in [4.78, 5) is 11.5. The van der Waals surface area contributed by atoms with Crippen LogP contribution in [0.2, 0.25) is 0 Å². The van der Waals surface area contributed by atoms with E-state index < -0.39 is 0 Å². The number of rotatable bonds is 4. The summed E-state index contributed by atoms with van der Waals surface area (Å²) < 4.78 is 5.29. The number of ether oxygens (including phenoxy) is 1. The van der Waals surface area contributed by atoms with Gasteiger partial charge in [0.2, 0.25) is 0 Å². The van der Waals surface area contributed by atoms with E-state index in [1.807, 2.05) is 30.3 Å². The Bertz CT molecular complexity index is 358. The van der Waals surface area contributed by atoms with Gasteiger partial charge in [-0.25, -0.2) is 4.79 Å². The van der Waals surface area contributed by atoms with Gasteiger partial charge in [0.1, 0.15) is 6.10 Å². The summed E-state index contributed by atoms with van der Waals surface area (Å²) in [6, 6.07) is 9.84. The summed E-state index contributed by atoms with van der Waals surface area (Å²) in [6.07, 6.45) is 3.07. The molecule has 0 atom stereocenters. The molecule has 0 radical (unpaired) electrons. The first kappa shape index (κ1) is 12.0. The van der Waals surface area contributed by atoms with E-state index in [4.69, 9.17) is 4.74 Å². The SMILES string of the molecule is CCC1CC(OC(=O)NCc2ccccc2)C1. The summed E-state index contributed by atoms with van der Waals surface area (Å²) in [5, 5.41) is 2.77. The van der Waals surface area contributed by atoms with Crippen LogP contribution in [-0.4, -0.2) is 12.2 Å². The lowest BCUT2D eigenvalue weighted by Crippen LogP contribution is -2.36. The molecular weight excluding hydrogens is 214 g/mol. The van der Waals surface area contributed by atoms with Crippen LogP contribution in [0.3, 0.4) is 0 Å². The van der Waals surface area contributed by atoms with Crippen LogP contribution in [0.5, 0.6) is 0 Å². The molecule has 2 rings (SSSR count). The molecule has 1 fully saturated rings. The number of benzene rings is 1. The monoisotopic (exact) mass is 233 g/mol. The number of carbonyl (C=O) groups is 1. The zero-order valence-corrected chi connectivity index (χ0v) is 10.2. The highest BCUT2D eigenvalue weighted by atomic mass is 16.6. The van der Waals surface area contributed by atoms with Gasteiger partial charge in [-0.3, -0.25) is 0 Å². The van der Waals surface area contributed by atoms with E-state index in [9.17, 15) is 4.79 Å². The largest absolute Gasteiger partial charge is 0.446 e. The molecule has 0 heterocycles. The van der Waals surface area contributed by atoms with Crippen LogP contribution in [0, 0.1) is 5.92 Å². The first-order valence-corrected chi connectivity index (χ1v) is 6.26. The van der Waals surface area contributed by atoms with E-state index in [2.05, 4.69) is 12.2 Å². The smallest absolute Gasteiger partial charge is 0.407 e. The van der Waals surface area contributed by atoms with E-state index >= 15 is 0 Å². The summed E-state index contributed by atoms with van der Waals surface area (Å²) in [7, 11) is 0. The highest BCUT2D eigenvalue weighted by molar-refractivity contribution is 5.67. The highest BCUT2D eigenvalue weighted by Crippen LogP contribution is 2.32. The van der Waals surface area contributed by atoms with E-state index in [-0.39, 0.29) is 12.2 Å². The normalized spacial score (nSPS) is 22.6. The molecule has 0 bridgehead atoms. The first-order chi connectivity index (χ1) is 8.28. The summed E-state index contributed by atoms with van der Waals surface area (Å²) >= 11 is 0. The van der Waals surface area contributed by atoms with Crippen molar-refractivity contribution in [2.75, 3.05) is 0 Å². The minimum Gasteiger partial charge on any atom is -0.446 e. The van der Waals surface area contributed by atoms with Gasteiger partial charge in [-0.15, -0.1) is 0 Å². The number of nitrogens with one attached hydrogen (secondary N) is 1. The molecule has 0 aromatic heterocycles. The number of hydrogen-bond acceptors (Lipinski definition) is 2. The van der Waals surface area contributed by atoms with Crippen LogP contribution in [0.4, 0.5) is 4.79 Å². The standard InChI is InChI=1S/C14H19NO2/c1-2-11-8-13(9-11)17-14(16)15-10-12-6-4-3-5-7-12/h3-7,11,13H,2,8-10H2,1H3,(H,15,16). The van der Waals surface area contributed by atoms with Crippen molar-refractivity contribution in [3.8, 4) is 0 Å². The fraction of sp³-hybridized carbons (Fsp3) is 0.500. The lowest BCUT2D eigenvalue weighted by Gasteiger charge is -2.33. The predicted molar refractivity (Wildman–Crippen MR) is 66.6 cm³/mol. The Kier molecular flexibility index (Phi) is 4.02. The Labute approximate surface area is 102 Å². The molecule has 3 nitrogen and oxygen atoms in total. The van der Waals surface area contributed by atoms with Crippen molar-refractivity contribution in [2.24, 2.45) is 5.92 Å². The van der Waals surface area contributed by atoms with Crippen molar-refractivity contribution in [1.29, 1.82) is 0 Å². The van der Waals surface area contributed by atoms with Crippen LogP contribution in [0.25, 0.3) is 0 Å². The molecular formula is C14H19NO2. The van der Waals surface area contributed by atoms with Crippen molar-refractivity contribution in [2.45, 2.75) is 38.8 Å². The summed E-state index contributed by atoms with van der Waals surface area (Å²) in [5.41, 5.74) is 1.09. The number of carbonyl (C=O) groups excluding carboxylic acids is 1. The van der Waals surface area contributed by atoms with Gasteiger partial charge >= 0.3 is 6.09 Å². The summed E-state index contributed by atoms with van der Waals surface area (Å²) in [6.45, 7) is 2.71. The molecule has 1 aliphatic carbocycles. The minimum absolute atomic E-state index is 0.135.